The Bertz CT molecular complexity index is 2340. The number of amides is 3. The highest BCUT2D eigenvalue weighted by molar-refractivity contribution is 6.07. The van der Waals surface area contributed by atoms with Gasteiger partial charge in [-0.2, -0.15) is 18.4 Å². The van der Waals surface area contributed by atoms with Gasteiger partial charge in [-0.1, -0.05) is 54.6 Å². The summed E-state index contributed by atoms with van der Waals surface area (Å²) in [5.74, 6) is -1.96. The number of anilines is 1. The first-order chi connectivity index (χ1) is 27.0. The van der Waals surface area contributed by atoms with Crippen LogP contribution in [-0.4, -0.2) is 77.8 Å². The van der Waals surface area contributed by atoms with Crippen LogP contribution in [0, 0.1) is 18.3 Å². The van der Waals surface area contributed by atoms with Crippen molar-refractivity contribution in [2.45, 2.75) is 19.0 Å². The molecule has 5 aromatic rings. The number of methoxy groups -OCH3 is 1. The monoisotopic (exact) mass is 762 g/mol. The van der Waals surface area contributed by atoms with Crippen molar-refractivity contribution in [1.82, 2.24) is 20.0 Å². The van der Waals surface area contributed by atoms with Crippen molar-refractivity contribution in [3.63, 3.8) is 0 Å². The average Bonchev–Trinajstić information content (AvgIpc) is 3.52. The Labute approximate surface area is 319 Å². The summed E-state index contributed by atoms with van der Waals surface area (Å²) >= 11 is 0. The smallest absolute Gasteiger partial charge is 0.435 e. The van der Waals surface area contributed by atoms with Gasteiger partial charge in [0.05, 0.1) is 18.7 Å². The molecule has 284 valence electrons. The van der Waals surface area contributed by atoms with Gasteiger partial charge in [0.2, 0.25) is 0 Å². The summed E-state index contributed by atoms with van der Waals surface area (Å²) in [6, 6.07) is 28.1. The van der Waals surface area contributed by atoms with E-state index >= 15 is 0 Å². The second-order valence-electron chi connectivity index (χ2n) is 13.0. The van der Waals surface area contributed by atoms with Crippen LogP contribution >= 0.6 is 0 Å². The van der Waals surface area contributed by atoms with E-state index in [-0.39, 0.29) is 72.9 Å². The Morgan fingerprint density at radius 2 is 1.52 bits per heavy atom. The molecular formula is C41H33F3N6O6. The number of hydrogen-bond donors (Lipinski definition) is 1. The van der Waals surface area contributed by atoms with Crippen molar-refractivity contribution in [2.75, 3.05) is 45.2 Å². The zero-order valence-electron chi connectivity index (χ0n) is 30.1. The zero-order chi connectivity index (χ0) is 39.6. The molecule has 2 heterocycles. The number of nitrogens with zero attached hydrogens (tertiary/aromatic N) is 5. The second-order valence-corrected chi connectivity index (χ2v) is 13.0. The van der Waals surface area contributed by atoms with E-state index in [1.807, 2.05) is 42.5 Å². The number of carbonyl (C=O) groups is 3. The molecule has 0 radical (unpaired) electrons. The summed E-state index contributed by atoms with van der Waals surface area (Å²) in [7, 11) is 1.30. The summed E-state index contributed by atoms with van der Waals surface area (Å²) in [5.41, 5.74) is 2.52. The molecule has 0 bridgehead atoms. The fourth-order valence-electron chi connectivity index (χ4n) is 6.92. The van der Waals surface area contributed by atoms with E-state index in [2.05, 4.69) is 27.6 Å². The van der Waals surface area contributed by atoms with E-state index in [4.69, 9.17) is 14.2 Å². The number of nitriles is 1. The normalized spacial score (nSPS) is 13.6. The molecule has 15 heteroatoms. The second kappa shape index (κ2) is 15.4. The summed E-state index contributed by atoms with van der Waals surface area (Å²) in [5, 5.41) is 18.6. The maximum Gasteiger partial charge on any atom is 0.435 e. The molecule has 0 spiro atoms. The minimum Gasteiger partial charge on any atom is -0.493 e. The number of piperazine rings is 1. The first kappa shape index (κ1) is 37.4. The SMILES string of the molecule is COc1cc(C#N)ccc1Oc1nnc(C(F)(F)F)c(C)c1C(=O)Nc1cccc(C(=O)N2CCN(C(=O)OCC3c4ccccc4-c4ccccc43)CC2)c1. The van der Waals surface area contributed by atoms with E-state index in [1.165, 1.54) is 43.5 Å². The van der Waals surface area contributed by atoms with Gasteiger partial charge >= 0.3 is 12.3 Å². The molecule has 7 rings (SSSR count). The average molecular weight is 763 g/mol. The van der Waals surface area contributed by atoms with Gasteiger partial charge in [0.15, 0.2) is 17.2 Å². The standard InChI is InChI=1S/C41H33F3N6O6/c1-24-35(38(48-47-36(24)41(42,43)44)56-33-15-14-25(22-45)20-34(33)54-2)37(51)46-27-9-7-8-26(21-27)39(52)49-16-18-50(19-17-49)40(53)55-23-32-30-12-5-3-10-28(30)29-11-4-6-13-31(29)32/h3-15,20-21,32H,16-19,23H2,1-2H3,(H,46,51). The molecule has 1 aliphatic heterocycles. The van der Waals surface area contributed by atoms with Gasteiger partial charge in [-0.15, -0.1) is 10.2 Å². The first-order valence-corrected chi connectivity index (χ1v) is 17.5. The Morgan fingerprint density at radius 1 is 0.857 bits per heavy atom. The molecule has 0 atom stereocenters. The summed E-state index contributed by atoms with van der Waals surface area (Å²) in [4.78, 5) is 43.5. The molecule has 1 N–H and O–H groups in total. The number of aromatic nitrogens is 2. The fourth-order valence-corrected chi connectivity index (χ4v) is 6.92. The molecule has 1 aromatic heterocycles. The molecule has 1 fully saturated rings. The first-order valence-electron chi connectivity index (χ1n) is 17.5. The molecule has 0 unspecified atom stereocenters. The van der Waals surface area contributed by atoms with Crippen LogP contribution < -0.4 is 14.8 Å². The number of nitrogens with one attached hydrogen (secondary N) is 1. The van der Waals surface area contributed by atoms with Crippen molar-refractivity contribution in [1.29, 1.82) is 5.26 Å². The van der Waals surface area contributed by atoms with Crippen molar-refractivity contribution in [2.24, 2.45) is 0 Å². The van der Waals surface area contributed by atoms with Gasteiger partial charge in [-0.3, -0.25) is 9.59 Å². The van der Waals surface area contributed by atoms with E-state index in [0.29, 0.717) is 0 Å². The Kier molecular flexibility index (Phi) is 10.3. The maximum absolute atomic E-state index is 13.9. The molecular weight excluding hydrogens is 729 g/mol. The van der Waals surface area contributed by atoms with Crippen molar-refractivity contribution >= 4 is 23.6 Å². The van der Waals surface area contributed by atoms with Gasteiger partial charge in [-0.05, 0) is 65.1 Å². The predicted molar refractivity (Wildman–Crippen MR) is 196 cm³/mol. The number of carbonyl (C=O) groups excluding carboxylic acids is 3. The highest BCUT2D eigenvalue weighted by Crippen LogP contribution is 2.44. The van der Waals surface area contributed by atoms with E-state index < -0.39 is 40.9 Å². The van der Waals surface area contributed by atoms with Crippen LogP contribution in [0.2, 0.25) is 0 Å². The molecule has 2 aliphatic rings. The fraction of sp³-hybridized carbons (Fsp3) is 0.220. The van der Waals surface area contributed by atoms with Gasteiger partial charge in [-0.25, -0.2) is 4.79 Å². The van der Waals surface area contributed by atoms with Crippen LogP contribution in [0.1, 0.15) is 54.6 Å². The largest absolute Gasteiger partial charge is 0.493 e. The predicted octanol–water partition coefficient (Wildman–Crippen LogP) is 7.44. The van der Waals surface area contributed by atoms with Crippen LogP contribution in [-0.2, 0) is 10.9 Å². The summed E-state index contributed by atoms with van der Waals surface area (Å²) < 4.78 is 58.4. The minimum atomic E-state index is -4.93. The topological polar surface area (TPSA) is 147 Å². The lowest BCUT2D eigenvalue weighted by Crippen LogP contribution is -2.50. The minimum absolute atomic E-state index is 0.0275. The van der Waals surface area contributed by atoms with Crippen molar-refractivity contribution in [3.8, 4) is 34.6 Å². The lowest BCUT2D eigenvalue weighted by Gasteiger charge is -2.34. The molecule has 1 saturated heterocycles. The molecule has 3 amide bonds. The molecule has 12 nitrogen and oxygen atoms in total. The van der Waals surface area contributed by atoms with Gasteiger partial charge in [0.25, 0.3) is 17.7 Å². The van der Waals surface area contributed by atoms with Crippen LogP contribution in [0.3, 0.4) is 0 Å². The number of ether oxygens (including phenoxy) is 3. The maximum atomic E-state index is 13.9. The van der Waals surface area contributed by atoms with Crippen LogP contribution in [0.5, 0.6) is 17.4 Å². The number of benzene rings is 4. The number of fused-ring (bicyclic) bond motifs is 3. The quantitative estimate of drug-likeness (QED) is 0.170. The van der Waals surface area contributed by atoms with E-state index in [1.54, 1.807) is 15.9 Å². The third-order valence-electron chi connectivity index (χ3n) is 9.71. The van der Waals surface area contributed by atoms with Crippen LogP contribution in [0.4, 0.5) is 23.7 Å². The number of alkyl halides is 3. The van der Waals surface area contributed by atoms with Gasteiger partial charge in [0, 0.05) is 49.4 Å². The van der Waals surface area contributed by atoms with Crippen LogP contribution in [0.15, 0.2) is 91.0 Å². The highest BCUT2D eigenvalue weighted by atomic mass is 19.4. The Hall–Kier alpha value is -6.95. The van der Waals surface area contributed by atoms with Crippen molar-refractivity contribution in [3.05, 3.63) is 130 Å². The van der Waals surface area contributed by atoms with Crippen LogP contribution in [0.25, 0.3) is 11.1 Å². The lowest BCUT2D eigenvalue weighted by molar-refractivity contribution is -0.142. The third kappa shape index (κ3) is 7.41. The molecule has 1 aliphatic carbocycles. The summed E-state index contributed by atoms with van der Waals surface area (Å²) in [6.45, 7) is 2.16. The number of halogens is 3. The molecule has 56 heavy (non-hydrogen) atoms. The third-order valence-corrected chi connectivity index (χ3v) is 9.71. The summed E-state index contributed by atoms with van der Waals surface area (Å²) in [6.07, 6.45) is -5.41. The van der Waals surface area contributed by atoms with Crippen molar-refractivity contribution < 1.29 is 41.8 Å². The number of hydrogen-bond acceptors (Lipinski definition) is 9. The Balaban J connectivity index is 1.01. The van der Waals surface area contributed by atoms with Gasteiger partial charge in [0.1, 0.15) is 12.2 Å². The van der Waals surface area contributed by atoms with E-state index in [0.717, 1.165) is 29.2 Å². The molecule has 4 aromatic carbocycles. The van der Waals surface area contributed by atoms with Gasteiger partial charge < -0.3 is 29.3 Å². The Morgan fingerprint density at radius 3 is 2.16 bits per heavy atom. The zero-order valence-corrected chi connectivity index (χ0v) is 30.1. The van der Waals surface area contributed by atoms with E-state index in [9.17, 15) is 32.8 Å². The lowest BCUT2D eigenvalue weighted by atomic mass is 9.98. The highest BCUT2D eigenvalue weighted by Gasteiger charge is 2.38. The number of rotatable bonds is 8. The molecule has 0 saturated carbocycles.